The number of halogens is 1. The van der Waals surface area contributed by atoms with Gasteiger partial charge in [-0.3, -0.25) is 10.1 Å². The van der Waals surface area contributed by atoms with Crippen molar-refractivity contribution >= 4 is 23.5 Å². The molecule has 1 atom stereocenters. The lowest BCUT2D eigenvalue weighted by atomic mass is 10.2. The van der Waals surface area contributed by atoms with Crippen molar-refractivity contribution in [3.8, 4) is 6.07 Å². The van der Waals surface area contributed by atoms with Crippen molar-refractivity contribution in [1.29, 1.82) is 5.26 Å². The Balaban J connectivity index is 4.42. The molecule has 0 aliphatic carbocycles. The molecule has 0 aromatic heterocycles. The second-order valence-electron chi connectivity index (χ2n) is 4.16. The molecular weight excluding hydrogens is 242 g/mol. The fourth-order valence-corrected chi connectivity index (χ4v) is 1.24. The van der Waals surface area contributed by atoms with E-state index in [4.69, 9.17) is 16.9 Å². The van der Waals surface area contributed by atoms with Gasteiger partial charge in [0, 0.05) is 13.1 Å². The van der Waals surface area contributed by atoms with E-state index in [0.29, 0.717) is 13.1 Å². The Morgan fingerprint density at radius 1 is 1.41 bits per heavy atom. The second-order valence-corrected chi connectivity index (χ2v) is 4.81. The first-order valence-electron chi connectivity index (χ1n) is 5.49. The van der Waals surface area contributed by atoms with E-state index in [1.807, 2.05) is 19.9 Å². The smallest absolute Gasteiger partial charge is 0.323 e. The van der Waals surface area contributed by atoms with Crippen LogP contribution in [0.1, 0.15) is 27.2 Å². The van der Waals surface area contributed by atoms with Gasteiger partial charge in [-0.2, -0.15) is 5.26 Å². The molecule has 0 aromatic carbocycles. The molecule has 96 valence electrons. The number of alkyl halides is 1. The van der Waals surface area contributed by atoms with Crippen LogP contribution >= 0.6 is 11.6 Å². The van der Waals surface area contributed by atoms with E-state index in [0.717, 1.165) is 0 Å². The summed E-state index contributed by atoms with van der Waals surface area (Å²) in [6, 6.07) is 1.48. The molecule has 0 aromatic rings. The predicted octanol–water partition coefficient (Wildman–Crippen LogP) is 1.72. The summed E-state index contributed by atoms with van der Waals surface area (Å²) in [6.07, 6.45) is 0.241. The molecule has 0 radical (unpaired) electrons. The van der Waals surface area contributed by atoms with Crippen LogP contribution in [0, 0.1) is 17.2 Å². The quantitative estimate of drug-likeness (QED) is 0.764. The van der Waals surface area contributed by atoms with Crippen LogP contribution in [0.5, 0.6) is 0 Å². The molecule has 3 amide bonds. The predicted molar refractivity (Wildman–Crippen MR) is 65.5 cm³/mol. The van der Waals surface area contributed by atoms with E-state index in [2.05, 4.69) is 5.32 Å². The van der Waals surface area contributed by atoms with Crippen LogP contribution in [0.3, 0.4) is 0 Å². The van der Waals surface area contributed by atoms with Crippen LogP contribution in [0.25, 0.3) is 0 Å². The van der Waals surface area contributed by atoms with Gasteiger partial charge in [0.05, 0.1) is 12.5 Å². The molecule has 6 heteroatoms. The van der Waals surface area contributed by atoms with Crippen LogP contribution in [-0.4, -0.2) is 35.3 Å². The first-order valence-corrected chi connectivity index (χ1v) is 5.93. The molecule has 0 bridgehead atoms. The number of carbonyl (C=O) groups is 2. The minimum absolute atomic E-state index is 0.241. The number of nitriles is 1. The fourth-order valence-electron chi connectivity index (χ4n) is 1.19. The first kappa shape index (κ1) is 15.7. The molecular formula is C11H18ClN3O2. The normalized spacial score (nSPS) is 11.8. The summed E-state index contributed by atoms with van der Waals surface area (Å²) < 4.78 is 0. The van der Waals surface area contributed by atoms with E-state index in [-0.39, 0.29) is 12.3 Å². The molecule has 0 saturated heterocycles. The van der Waals surface area contributed by atoms with E-state index in [1.54, 1.807) is 0 Å². The van der Waals surface area contributed by atoms with Gasteiger partial charge in [0.1, 0.15) is 5.38 Å². The number of carbonyl (C=O) groups excluding carboxylic acids is 2. The number of hydrogen-bond acceptors (Lipinski definition) is 3. The van der Waals surface area contributed by atoms with Gasteiger partial charge < -0.3 is 4.90 Å². The maximum atomic E-state index is 11.7. The fraction of sp³-hybridized carbons (Fsp3) is 0.727. The standard InChI is InChI=1S/C11H18ClN3O2/c1-8(2)7-15(6-4-5-13)11(17)14-10(16)9(3)12/h8-9H,4,6-7H2,1-3H3,(H,14,16,17). The molecule has 0 rings (SSSR count). The van der Waals surface area contributed by atoms with Crippen molar-refractivity contribution in [3.63, 3.8) is 0 Å². The van der Waals surface area contributed by atoms with Crippen molar-refractivity contribution in [2.45, 2.75) is 32.6 Å². The Morgan fingerprint density at radius 3 is 2.41 bits per heavy atom. The minimum atomic E-state index is -0.754. The number of imide groups is 1. The monoisotopic (exact) mass is 259 g/mol. The summed E-state index contributed by atoms with van der Waals surface area (Å²) in [4.78, 5) is 24.4. The zero-order valence-electron chi connectivity index (χ0n) is 10.4. The number of rotatable bonds is 5. The molecule has 5 nitrogen and oxygen atoms in total. The number of nitrogens with one attached hydrogen (secondary N) is 1. The van der Waals surface area contributed by atoms with Gasteiger partial charge >= 0.3 is 6.03 Å². The molecule has 17 heavy (non-hydrogen) atoms. The average Bonchev–Trinajstić information content (AvgIpc) is 2.23. The Morgan fingerprint density at radius 2 is 2.00 bits per heavy atom. The van der Waals surface area contributed by atoms with Crippen LogP contribution in [0.2, 0.25) is 0 Å². The third-order valence-corrected chi connectivity index (χ3v) is 2.16. The SMILES string of the molecule is CC(C)CN(CCC#N)C(=O)NC(=O)C(C)Cl. The Bertz CT molecular complexity index is 310. The Hall–Kier alpha value is -1.28. The van der Waals surface area contributed by atoms with Gasteiger partial charge in [-0.15, -0.1) is 11.6 Å². The highest BCUT2D eigenvalue weighted by atomic mass is 35.5. The van der Waals surface area contributed by atoms with E-state index in [1.165, 1.54) is 11.8 Å². The van der Waals surface area contributed by atoms with Crippen molar-refractivity contribution in [2.24, 2.45) is 5.92 Å². The number of nitrogens with zero attached hydrogens (tertiary/aromatic N) is 2. The molecule has 0 aliphatic rings. The topological polar surface area (TPSA) is 73.2 Å². The molecule has 1 unspecified atom stereocenters. The van der Waals surface area contributed by atoms with Gasteiger partial charge in [-0.1, -0.05) is 13.8 Å². The van der Waals surface area contributed by atoms with Crippen molar-refractivity contribution < 1.29 is 9.59 Å². The molecule has 0 aliphatic heterocycles. The minimum Gasteiger partial charge on any atom is -0.323 e. The van der Waals surface area contributed by atoms with Gasteiger partial charge in [0.2, 0.25) is 5.91 Å². The number of hydrogen-bond donors (Lipinski definition) is 1. The average molecular weight is 260 g/mol. The molecule has 0 heterocycles. The summed E-state index contributed by atoms with van der Waals surface area (Å²) in [7, 11) is 0. The van der Waals surface area contributed by atoms with Crippen LogP contribution in [-0.2, 0) is 4.79 Å². The highest BCUT2D eigenvalue weighted by Gasteiger charge is 2.19. The maximum absolute atomic E-state index is 11.7. The largest absolute Gasteiger partial charge is 0.324 e. The van der Waals surface area contributed by atoms with Crippen molar-refractivity contribution in [3.05, 3.63) is 0 Å². The molecule has 0 fully saturated rings. The molecule has 1 N–H and O–H groups in total. The highest BCUT2D eigenvalue weighted by Crippen LogP contribution is 2.01. The van der Waals surface area contributed by atoms with Crippen molar-refractivity contribution in [2.75, 3.05) is 13.1 Å². The summed E-state index contributed by atoms with van der Waals surface area (Å²) in [5, 5.41) is 9.95. The zero-order valence-corrected chi connectivity index (χ0v) is 11.1. The first-order chi connectivity index (χ1) is 7.88. The third-order valence-electron chi connectivity index (χ3n) is 1.96. The summed E-state index contributed by atoms with van der Waals surface area (Å²) in [6.45, 7) is 6.21. The lowest BCUT2D eigenvalue weighted by molar-refractivity contribution is -0.119. The van der Waals surface area contributed by atoms with Crippen LogP contribution in [0.15, 0.2) is 0 Å². The van der Waals surface area contributed by atoms with E-state index in [9.17, 15) is 9.59 Å². The molecule has 0 spiro atoms. The molecule has 0 saturated carbocycles. The maximum Gasteiger partial charge on any atom is 0.324 e. The van der Waals surface area contributed by atoms with E-state index < -0.39 is 17.3 Å². The lowest BCUT2D eigenvalue weighted by Gasteiger charge is -2.23. The lowest BCUT2D eigenvalue weighted by Crippen LogP contribution is -2.46. The van der Waals surface area contributed by atoms with Crippen LogP contribution in [0.4, 0.5) is 4.79 Å². The summed E-state index contributed by atoms with van der Waals surface area (Å²) >= 11 is 5.55. The number of amides is 3. The van der Waals surface area contributed by atoms with Gasteiger partial charge in [0.25, 0.3) is 0 Å². The highest BCUT2D eigenvalue weighted by molar-refractivity contribution is 6.31. The second kappa shape index (κ2) is 7.91. The van der Waals surface area contributed by atoms with Gasteiger partial charge in [-0.05, 0) is 12.8 Å². The zero-order chi connectivity index (χ0) is 13.4. The summed E-state index contributed by atoms with van der Waals surface area (Å²) in [5.74, 6) is -0.259. The Kier molecular flexibility index (Phi) is 7.31. The van der Waals surface area contributed by atoms with Gasteiger partial charge in [0.15, 0.2) is 0 Å². The van der Waals surface area contributed by atoms with Gasteiger partial charge in [-0.25, -0.2) is 4.79 Å². The third kappa shape index (κ3) is 6.80. The van der Waals surface area contributed by atoms with E-state index >= 15 is 0 Å². The van der Waals surface area contributed by atoms with Crippen LogP contribution < -0.4 is 5.32 Å². The van der Waals surface area contributed by atoms with Crippen molar-refractivity contribution in [1.82, 2.24) is 10.2 Å². The Labute approximate surface area is 107 Å². The summed E-state index contributed by atoms with van der Waals surface area (Å²) in [5.41, 5.74) is 0. The number of urea groups is 1.